The van der Waals surface area contributed by atoms with Gasteiger partial charge in [-0.3, -0.25) is 0 Å². The number of benzene rings is 1. The number of hydrogen-bond acceptors (Lipinski definition) is 3. The summed E-state index contributed by atoms with van der Waals surface area (Å²) >= 11 is 0. The lowest BCUT2D eigenvalue weighted by Gasteiger charge is -2.19. The van der Waals surface area contributed by atoms with Crippen LogP contribution in [0.4, 0.5) is 0 Å². The van der Waals surface area contributed by atoms with Crippen LogP contribution in [-0.2, 0) is 16.4 Å². The molecule has 1 aromatic carbocycles. The van der Waals surface area contributed by atoms with Crippen LogP contribution in [0.1, 0.15) is 43.6 Å². The van der Waals surface area contributed by atoms with Gasteiger partial charge >= 0.3 is 5.97 Å². The van der Waals surface area contributed by atoms with Crippen LogP contribution >= 0.6 is 0 Å². The number of aryl methyl sites for hydroxylation is 1. The van der Waals surface area contributed by atoms with Crippen molar-refractivity contribution in [1.82, 2.24) is 4.72 Å². The second-order valence-electron chi connectivity index (χ2n) is 5.86. The first kappa shape index (κ1) is 16.7. The minimum atomic E-state index is -3.69. The largest absolute Gasteiger partial charge is 0.478 e. The summed E-state index contributed by atoms with van der Waals surface area (Å²) in [5, 5.41) is 9.13. The minimum absolute atomic E-state index is 0.0173. The molecule has 0 aliphatic carbocycles. The first-order valence-corrected chi connectivity index (χ1v) is 7.91. The van der Waals surface area contributed by atoms with Crippen LogP contribution < -0.4 is 4.72 Å². The number of rotatable bonds is 5. The van der Waals surface area contributed by atoms with Crippen molar-refractivity contribution in [3.8, 4) is 0 Å². The van der Waals surface area contributed by atoms with Crippen LogP contribution in [0.2, 0.25) is 0 Å². The fourth-order valence-corrected chi connectivity index (χ4v) is 2.93. The molecule has 0 bridgehead atoms. The second kappa shape index (κ2) is 5.93. The predicted octanol–water partition coefficient (Wildman–Crippen LogP) is 2.27. The van der Waals surface area contributed by atoms with E-state index in [1.54, 1.807) is 6.07 Å². The molecule has 0 aliphatic heterocycles. The van der Waals surface area contributed by atoms with E-state index >= 15 is 0 Å². The lowest BCUT2D eigenvalue weighted by Crippen LogP contribution is -2.32. The van der Waals surface area contributed by atoms with Crippen LogP contribution in [0, 0.1) is 5.41 Å². The maximum Gasteiger partial charge on any atom is 0.336 e. The molecule has 0 aromatic heterocycles. The summed E-state index contributed by atoms with van der Waals surface area (Å²) in [6.07, 6.45) is 0.539. The Balaban J connectivity index is 3.13. The lowest BCUT2D eigenvalue weighted by atomic mass is 9.98. The van der Waals surface area contributed by atoms with Gasteiger partial charge in [0.2, 0.25) is 10.0 Å². The second-order valence-corrected chi connectivity index (χ2v) is 7.63. The van der Waals surface area contributed by atoms with Gasteiger partial charge in [-0.25, -0.2) is 17.9 Å². The zero-order valence-electron chi connectivity index (χ0n) is 12.2. The van der Waals surface area contributed by atoms with Gasteiger partial charge in [-0.15, -0.1) is 0 Å². The summed E-state index contributed by atoms with van der Waals surface area (Å²) in [7, 11) is -3.69. The first-order chi connectivity index (χ1) is 9.07. The van der Waals surface area contributed by atoms with Crippen LogP contribution in [0.5, 0.6) is 0 Å². The predicted molar refractivity (Wildman–Crippen MR) is 77.4 cm³/mol. The number of nitrogens with one attached hydrogen (secondary N) is 1. The van der Waals surface area contributed by atoms with Crippen molar-refractivity contribution in [1.29, 1.82) is 0 Å². The molecule has 0 spiro atoms. The quantitative estimate of drug-likeness (QED) is 0.873. The first-order valence-electron chi connectivity index (χ1n) is 6.43. The number of sulfonamides is 1. The molecule has 0 radical (unpaired) electrons. The summed E-state index contributed by atoms with van der Waals surface area (Å²) in [4.78, 5) is 11.1. The molecule has 0 saturated heterocycles. The van der Waals surface area contributed by atoms with Gasteiger partial charge in [0.25, 0.3) is 0 Å². The summed E-state index contributed by atoms with van der Waals surface area (Å²) in [5.74, 6) is -1.12. The van der Waals surface area contributed by atoms with E-state index in [1.165, 1.54) is 12.1 Å². The molecule has 20 heavy (non-hydrogen) atoms. The smallest absolute Gasteiger partial charge is 0.336 e. The van der Waals surface area contributed by atoms with Crippen LogP contribution in [0.3, 0.4) is 0 Å². The van der Waals surface area contributed by atoms with Gasteiger partial charge < -0.3 is 5.11 Å². The molecule has 0 saturated carbocycles. The Hall–Kier alpha value is -1.40. The van der Waals surface area contributed by atoms with Crippen molar-refractivity contribution in [3.05, 3.63) is 29.3 Å². The highest BCUT2D eigenvalue weighted by Crippen LogP contribution is 2.18. The fourth-order valence-electron chi connectivity index (χ4n) is 1.62. The van der Waals surface area contributed by atoms with Gasteiger partial charge in [-0.05, 0) is 29.5 Å². The normalized spacial score (nSPS) is 12.4. The van der Waals surface area contributed by atoms with E-state index in [0.29, 0.717) is 12.0 Å². The fraction of sp³-hybridized carbons (Fsp3) is 0.500. The highest BCUT2D eigenvalue weighted by molar-refractivity contribution is 7.89. The third-order valence-corrected chi connectivity index (χ3v) is 4.19. The van der Waals surface area contributed by atoms with Crippen molar-refractivity contribution < 1.29 is 18.3 Å². The molecular formula is C14H21NO4S. The molecule has 6 heteroatoms. The molecule has 1 aromatic rings. The molecule has 1 rings (SSSR count). The molecule has 0 aliphatic rings. The van der Waals surface area contributed by atoms with E-state index in [0.717, 1.165) is 0 Å². The summed E-state index contributed by atoms with van der Waals surface area (Å²) in [6.45, 7) is 7.86. The monoisotopic (exact) mass is 299 g/mol. The maximum atomic E-state index is 12.1. The Bertz CT molecular complexity index is 600. The Morgan fingerprint density at radius 3 is 2.35 bits per heavy atom. The van der Waals surface area contributed by atoms with Gasteiger partial charge in [0.1, 0.15) is 0 Å². The summed E-state index contributed by atoms with van der Waals surface area (Å²) in [6, 6.07) is 4.21. The number of carboxylic acids is 1. The van der Waals surface area contributed by atoms with E-state index in [4.69, 9.17) is 5.11 Å². The molecule has 0 atom stereocenters. The highest BCUT2D eigenvalue weighted by atomic mass is 32.2. The third kappa shape index (κ3) is 4.31. The number of aromatic carboxylic acids is 1. The van der Waals surface area contributed by atoms with E-state index in [-0.39, 0.29) is 22.4 Å². The van der Waals surface area contributed by atoms with Crippen molar-refractivity contribution in [2.45, 2.75) is 39.0 Å². The standard InChI is InChI=1S/C14H21NO4S/c1-5-10-6-7-11(8-12(10)13(16)17)20(18,19)15-9-14(2,3)4/h6-8,15H,5,9H2,1-4H3,(H,16,17). The average molecular weight is 299 g/mol. The number of carbonyl (C=O) groups is 1. The van der Waals surface area contributed by atoms with E-state index in [2.05, 4.69) is 4.72 Å². The molecular weight excluding hydrogens is 278 g/mol. The van der Waals surface area contributed by atoms with Crippen LogP contribution in [0.25, 0.3) is 0 Å². The Morgan fingerprint density at radius 1 is 1.30 bits per heavy atom. The zero-order valence-corrected chi connectivity index (χ0v) is 13.0. The zero-order chi connectivity index (χ0) is 15.6. The average Bonchev–Trinajstić information content (AvgIpc) is 2.35. The Labute approximate surface area is 120 Å². The van der Waals surface area contributed by atoms with Crippen molar-refractivity contribution in [2.75, 3.05) is 6.54 Å². The maximum absolute atomic E-state index is 12.1. The van der Waals surface area contributed by atoms with Crippen molar-refractivity contribution >= 4 is 16.0 Å². The summed E-state index contributed by atoms with van der Waals surface area (Å²) in [5.41, 5.74) is 0.463. The van der Waals surface area contributed by atoms with Gasteiger partial charge in [0.05, 0.1) is 10.5 Å². The topological polar surface area (TPSA) is 83.5 Å². The van der Waals surface area contributed by atoms with E-state index in [9.17, 15) is 13.2 Å². The van der Waals surface area contributed by atoms with Crippen molar-refractivity contribution in [3.63, 3.8) is 0 Å². The minimum Gasteiger partial charge on any atom is -0.478 e. The molecule has 112 valence electrons. The van der Waals surface area contributed by atoms with E-state index in [1.807, 2.05) is 27.7 Å². The van der Waals surface area contributed by atoms with Crippen molar-refractivity contribution in [2.24, 2.45) is 5.41 Å². The Morgan fingerprint density at radius 2 is 1.90 bits per heavy atom. The SMILES string of the molecule is CCc1ccc(S(=O)(=O)NCC(C)(C)C)cc1C(=O)O. The molecule has 0 unspecified atom stereocenters. The summed E-state index contributed by atoms with van der Waals surface area (Å²) < 4.78 is 26.8. The Kier molecular flexibility index (Phi) is 4.94. The van der Waals surface area contributed by atoms with Gasteiger partial charge in [-0.1, -0.05) is 33.8 Å². The van der Waals surface area contributed by atoms with E-state index < -0.39 is 16.0 Å². The lowest BCUT2D eigenvalue weighted by molar-refractivity contribution is 0.0695. The highest BCUT2D eigenvalue weighted by Gasteiger charge is 2.20. The molecule has 0 heterocycles. The third-order valence-electron chi connectivity index (χ3n) is 2.80. The van der Waals surface area contributed by atoms with Gasteiger partial charge in [-0.2, -0.15) is 0 Å². The number of carboxylic acid groups (broad SMARTS) is 1. The molecule has 2 N–H and O–H groups in total. The van der Waals surface area contributed by atoms with Gasteiger partial charge in [0, 0.05) is 6.54 Å². The molecule has 0 fully saturated rings. The molecule has 5 nitrogen and oxygen atoms in total. The van der Waals surface area contributed by atoms with Crippen LogP contribution in [-0.4, -0.2) is 26.0 Å². The number of hydrogen-bond donors (Lipinski definition) is 2. The van der Waals surface area contributed by atoms with Crippen LogP contribution in [0.15, 0.2) is 23.1 Å². The molecule has 0 amide bonds. The van der Waals surface area contributed by atoms with Gasteiger partial charge in [0.15, 0.2) is 0 Å².